The molecule has 0 unspecified atom stereocenters. The van der Waals surface area contributed by atoms with Crippen LogP contribution in [0.1, 0.15) is 9.67 Å². The summed E-state index contributed by atoms with van der Waals surface area (Å²) in [6, 6.07) is 9.17. The molecule has 0 N–H and O–H groups in total. The number of methoxy groups -OCH3 is 1. The van der Waals surface area contributed by atoms with E-state index >= 15 is 0 Å². The fourth-order valence-corrected chi connectivity index (χ4v) is 4.14. The first-order chi connectivity index (χ1) is 11.1. The second kappa shape index (κ2) is 6.70. The van der Waals surface area contributed by atoms with Gasteiger partial charge in [-0.1, -0.05) is 29.0 Å². The largest absolute Gasteiger partial charge is 0.497 e. The number of fused-ring (bicyclic) bond motifs is 1. The smallest absolute Gasteiger partial charge is 0.289 e. The van der Waals surface area contributed by atoms with E-state index < -0.39 is 0 Å². The number of hydrogen-bond acceptors (Lipinski definition) is 4. The number of halogens is 1. The quantitative estimate of drug-likeness (QED) is 0.646. The average molecular weight is 365 g/mol. The summed E-state index contributed by atoms with van der Waals surface area (Å²) in [5, 5.41) is 0. The minimum Gasteiger partial charge on any atom is -0.497 e. The molecule has 23 heavy (non-hydrogen) atoms. The van der Waals surface area contributed by atoms with E-state index in [2.05, 4.69) is 11.6 Å². The summed E-state index contributed by atoms with van der Waals surface area (Å²) in [4.78, 5) is 17.7. The van der Waals surface area contributed by atoms with Crippen molar-refractivity contribution in [3.8, 4) is 5.75 Å². The van der Waals surface area contributed by atoms with Gasteiger partial charge < -0.3 is 9.30 Å². The zero-order valence-corrected chi connectivity index (χ0v) is 14.7. The minimum absolute atomic E-state index is 0.293. The highest BCUT2D eigenvalue weighted by Gasteiger charge is 2.11. The molecule has 118 valence electrons. The van der Waals surface area contributed by atoms with Gasteiger partial charge in [0.1, 0.15) is 5.75 Å². The van der Waals surface area contributed by atoms with Gasteiger partial charge in [-0.25, -0.2) is 0 Å². The Balaban J connectivity index is 2.15. The van der Waals surface area contributed by atoms with Gasteiger partial charge in [-0.05, 0) is 30.3 Å². The van der Waals surface area contributed by atoms with Crippen LogP contribution in [0.2, 0.25) is 4.34 Å². The first-order valence-corrected chi connectivity index (χ1v) is 8.76. The van der Waals surface area contributed by atoms with E-state index in [0.717, 1.165) is 16.0 Å². The van der Waals surface area contributed by atoms with Crippen LogP contribution in [-0.4, -0.2) is 17.6 Å². The molecule has 0 saturated heterocycles. The molecular weight excluding hydrogens is 352 g/mol. The minimum atomic E-state index is -0.293. The van der Waals surface area contributed by atoms with Crippen LogP contribution < -0.4 is 9.54 Å². The first-order valence-electron chi connectivity index (χ1n) is 6.75. The second-order valence-corrected chi connectivity index (χ2v) is 7.36. The summed E-state index contributed by atoms with van der Waals surface area (Å²) in [5.74, 6) is 0.477. The van der Waals surface area contributed by atoms with Crippen molar-refractivity contribution in [1.29, 1.82) is 0 Å². The molecule has 0 radical (unpaired) electrons. The fourth-order valence-electron chi connectivity index (χ4n) is 2.14. The van der Waals surface area contributed by atoms with Crippen molar-refractivity contribution in [2.45, 2.75) is 6.54 Å². The monoisotopic (exact) mass is 364 g/mol. The molecule has 0 aliphatic heterocycles. The van der Waals surface area contributed by atoms with E-state index in [1.165, 1.54) is 22.7 Å². The third-order valence-corrected chi connectivity index (χ3v) is 5.44. The molecule has 0 aliphatic carbocycles. The molecule has 0 fully saturated rings. The van der Waals surface area contributed by atoms with Crippen molar-refractivity contribution in [3.05, 3.63) is 57.0 Å². The molecule has 2 aromatic heterocycles. The maximum atomic E-state index is 12.3. The van der Waals surface area contributed by atoms with Crippen molar-refractivity contribution in [1.82, 2.24) is 4.57 Å². The summed E-state index contributed by atoms with van der Waals surface area (Å²) in [5.41, 5.74) is 0.992. The predicted octanol–water partition coefficient (Wildman–Crippen LogP) is 4.35. The SMILES string of the molecule is C=CCn1c(=NC(=O)c2ccc(Cl)s2)sc2cc(OC)ccc21. The molecule has 0 spiro atoms. The van der Waals surface area contributed by atoms with Crippen LogP contribution in [0.3, 0.4) is 0 Å². The number of thiophene rings is 1. The molecule has 7 heteroatoms. The van der Waals surface area contributed by atoms with E-state index in [4.69, 9.17) is 16.3 Å². The number of hydrogen-bond donors (Lipinski definition) is 0. The van der Waals surface area contributed by atoms with Crippen LogP contribution in [0.25, 0.3) is 10.2 Å². The number of carbonyl (C=O) groups excluding carboxylic acids is 1. The van der Waals surface area contributed by atoms with Gasteiger partial charge in [-0.3, -0.25) is 4.79 Å². The Hall–Kier alpha value is -1.89. The van der Waals surface area contributed by atoms with Crippen LogP contribution >= 0.6 is 34.3 Å². The van der Waals surface area contributed by atoms with Gasteiger partial charge in [0.05, 0.1) is 26.5 Å². The Bertz CT molecular complexity index is 953. The van der Waals surface area contributed by atoms with E-state index in [9.17, 15) is 4.79 Å². The average Bonchev–Trinajstić information content (AvgIpc) is 3.11. The number of amides is 1. The molecule has 1 aromatic carbocycles. The lowest BCUT2D eigenvalue weighted by atomic mass is 10.3. The Kier molecular flexibility index (Phi) is 4.66. The van der Waals surface area contributed by atoms with Crippen LogP contribution in [0.4, 0.5) is 0 Å². The van der Waals surface area contributed by atoms with Gasteiger partial charge in [0.2, 0.25) is 0 Å². The number of nitrogens with zero attached hydrogens (tertiary/aromatic N) is 2. The lowest BCUT2D eigenvalue weighted by Crippen LogP contribution is -2.15. The lowest BCUT2D eigenvalue weighted by Gasteiger charge is -2.02. The predicted molar refractivity (Wildman–Crippen MR) is 95.8 cm³/mol. The number of rotatable bonds is 4. The van der Waals surface area contributed by atoms with Crippen molar-refractivity contribution in [2.75, 3.05) is 7.11 Å². The van der Waals surface area contributed by atoms with Gasteiger partial charge in [0.25, 0.3) is 5.91 Å². The molecule has 0 saturated carbocycles. The number of benzene rings is 1. The number of aromatic nitrogens is 1. The maximum absolute atomic E-state index is 12.3. The fraction of sp³-hybridized carbons (Fsp3) is 0.125. The van der Waals surface area contributed by atoms with Gasteiger partial charge in [0.15, 0.2) is 4.80 Å². The Morgan fingerprint density at radius 3 is 2.87 bits per heavy atom. The third kappa shape index (κ3) is 3.24. The number of carbonyl (C=O) groups is 1. The molecule has 0 atom stereocenters. The third-order valence-electron chi connectivity index (χ3n) is 3.18. The van der Waals surface area contributed by atoms with Gasteiger partial charge in [-0.2, -0.15) is 4.99 Å². The van der Waals surface area contributed by atoms with E-state index in [-0.39, 0.29) is 5.91 Å². The molecule has 1 amide bonds. The molecular formula is C16H13ClN2O2S2. The van der Waals surface area contributed by atoms with Crippen LogP contribution in [0, 0.1) is 0 Å². The summed E-state index contributed by atoms with van der Waals surface area (Å²) < 4.78 is 8.78. The molecule has 3 rings (SSSR count). The maximum Gasteiger partial charge on any atom is 0.289 e. The van der Waals surface area contributed by atoms with Crippen LogP contribution in [-0.2, 0) is 6.54 Å². The second-order valence-electron chi connectivity index (χ2n) is 4.64. The van der Waals surface area contributed by atoms with Gasteiger partial charge >= 0.3 is 0 Å². The molecule has 3 aromatic rings. The molecule has 0 bridgehead atoms. The van der Waals surface area contributed by atoms with Gasteiger partial charge in [-0.15, -0.1) is 17.9 Å². The highest BCUT2D eigenvalue weighted by atomic mass is 35.5. The van der Waals surface area contributed by atoms with E-state index in [0.29, 0.717) is 20.6 Å². The van der Waals surface area contributed by atoms with Crippen LogP contribution in [0.15, 0.2) is 48.0 Å². The molecule has 2 heterocycles. The lowest BCUT2D eigenvalue weighted by molar-refractivity contribution is 0.100. The zero-order valence-electron chi connectivity index (χ0n) is 12.3. The van der Waals surface area contributed by atoms with Gasteiger partial charge in [0, 0.05) is 6.54 Å². The summed E-state index contributed by atoms with van der Waals surface area (Å²) in [6.07, 6.45) is 1.78. The highest BCUT2D eigenvalue weighted by molar-refractivity contribution is 7.18. The summed E-state index contributed by atoms with van der Waals surface area (Å²) in [7, 11) is 1.63. The van der Waals surface area contributed by atoms with Crippen molar-refractivity contribution in [2.24, 2.45) is 4.99 Å². The number of ether oxygens (including phenoxy) is 1. The molecule has 4 nitrogen and oxygen atoms in total. The summed E-state index contributed by atoms with van der Waals surface area (Å²) in [6.45, 7) is 4.35. The molecule has 0 aliphatic rings. The Morgan fingerprint density at radius 2 is 2.22 bits per heavy atom. The zero-order chi connectivity index (χ0) is 16.4. The van der Waals surface area contributed by atoms with E-state index in [1.807, 2.05) is 22.8 Å². The number of allylic oxidation sites excluding steroid dienone is 1. The Labute approximate surface area is 145 Å². The van der Waals surface area contributed by atoms with E-state index in [1.54, 1.807) is 25.3 Å². The van der Waals surface area contributed by atoms with Crippen molar-refractivity contribution >= 4 is 50.4 Å². The van der Waals surface area contributed by atoms with Crippen LogP contribution in [0.5, 0.6) is 5.75 Å². The number of thiazole rings is 1. The Morgan fingerprint density at radius 1 is 1.39 bits per heavy atom. The van der Waals surface area contributed by atoms with Crippen molar-refractivity contribution < 1.29 is 9.53 Å². The highest BCUT2D eigenvalue weighted by Crippen LogP contribution is 2.24. The topological polar surface area (TPSA) is 43.6 Å². The van der Waals surface area contributed by atoms with Crippen molar-refractivity contribution in [3.63, 3.8) is 0 Å². The normalized spacial score (nSPS) is 11.8. The first kappa shape index (κ1) is 16.0. The summed E-state index contributed by atoms with van der Waals surface area (Å²) >= 11 is 8.55. The standard InChI is InChI=1S/C16H13ClN2O2S2/c1-3-8-19-11-5-4-10(21-2)9-13(11)23-16(19)18-15(20)12-6-7-14(17)22-12/h3-7,9H,1,8H2,2H3.